The SMILES string of the molecule is CC(NC(=O)CSc1nc2ccccc2s1)c1ccccc1. The van der Waals surface area contributed by atoms with Crippen LogP contribution in [0.4, 0.5) is 0 Å². The predicted molar refractivity (Wildman–Crippen MR) is 93.3 cm³/mol. The smallest absolute Gasteiger partial charge is 0.230 e. The zero-order valence-corrected chi connectivity index (χ0v) is 13.8. The summed E-state index contributed by atoms with van der Waals surface area (Å²) in [4.78, 5) is 16.6. The summed E-state index contributed by atoms with van der Waals surface area (Å²) in [5.41, 5.74) is 2.11. The Morgan fingerprint density at radius 3 is 2.68 bits per heavy atom. The van der Waals surface area contributed by atoms with E-state index in [1.54, 1.807) is 11.3 Å². The highest BCUT2D eigenvalue weighted by atomic mass is 32.2. The highest BCUT2D eigenvalue weighted by Crippen LogP contribution is 2.29. The molecule has 1 unspecified atom stereocenters. The molecule has 0 radical (unpaired) electrons. The van der Waals surface area contributed by atoms with E-state index < -0.39 is 0 Å². The fourth-order valence-corrected chi connectivity index (χ4v) is 4.03. The summed E-state index contributed by atoms with van der Waals surface area (Å²) in [6.07, 6.45) is 0. The first-order chi connectivity index (χ1) is 10.7. The molecule has 0 aliphatic rings. The van der Waals surface area contributed by atoms with E-state index in [0.717, 1.165) is 20.1 Å². The zero-order valence-electron chi connectivity index (χ0n) is 12.2. The minimum atomic E-state index is 0.0182. The summed E-state index contributed by atoms with van der Waals surface area (Å²) in [5.74, 6) is 0.414. The third-order valence-corrected chi connectivity index (χ3v) is 5.46. The number of thiazole rings is 1. The molecular formula is C17H16N2OS2. The Morgan fingerprint density at radius 2 is 1.91 bits per heavy atom. The lowest BCUT2D eigenvalue weighted by Crippen LogP contribution is -2.28. The first kappa shape index (κ1) is 15.1. The van der Waals surface area contributed by atoms with Crippen molar-refractivity contribution in [1.82, 2.24) is 10.3 Å². The monoisotopic (exact) mass is 328 g/mol. The van der Waals surface area contributed by atoms with E-state index in [1.165, 1.54) is 11.8 Å². The highest BCUT2D eigenvalue weighted by Gasteiger charge is 2.11. The molecule has 2 aromatic carbocycles. The molecule has 0 fully saturated rings. The molecule has 5 heteroatoms. The molecule has 0 aliphatic heterocycles. The Kier molecular flexibility index (Phi) is 4.75. The highest BCUT2D eigenvalue weighted by molar-refractivity contribution is 8.01. The Labute approximate surface area is 137 Å². The molecule has 1 heterocycles. The number of aromatic nitrogens is 1. The maximum Gasteiger partial charge on any atom is 0.230 e. The third kappa shape index (κ3) is 3.67. The molecule has 1 atom stereocenters. The van der Waals surface area contributed by atoms with E-state index in [1.807, 2.05) is 55.5 Å². The minimum absolute atomic E-state index is 0.0182. The van der Waals surface area contributed by atoms with Crippen molar-refractivity contribution in [3.63, 3.8) is 0 Å². The van der Waals surface area contributed by atoms with Gasteiger partial charge in [0.2, 0.25) is 5.91 Å². The van der Waals surface area contributed by atoms with Gasteiger partial charge in [0.25, 0.3) is 0 Å². The molecule has 22 heavy (non-hydrogen) atoms. The number of nitrogens with one attached hydrogen (secondary N) is 1. The van der Waals surface area contributed by atoms with Crippen LogP contribution in [0.25, 0.3) is 10.2 Å². The van der Waals surface area contributed by atoms with Gasteiger partial charge in [0, 0.05) is 0 Å². The van der Waals surface area contributed by atoms with Crippen LogP contribution in [-0.2, 0) is 4.79 Å². The van der Waals surface area contributed by atoms with Gasteiger partial charge in [-0.2, -0.15) is 0 Å². The van der Waals surface area contributed by atoms with E-state index in [-0.39, 0.29) is 11.9 Å². The summed E-state index contributed by atoms with van der Waals surface area (Å²) in [6.45, 7) is 2.00. The lowest BCUT2D eigenvalue weighted by atomic mass is 10.1. The van der Waals surface area contributed by atoms with E-state index in [4.69, 9.17) is 0 Å². The number of nitrogens with zero attached hydrogens (tertiary/aromatic N) is 1. The lowest BCUT2D eigenvalue weighted by Gasteiger charge is -2.13. The van der Waals surface area contributed by atoms with Crippen LogP contribution < -0.4 is 5.32 Å². The maximum atomic E-state index is 12.1. The summed E-state index contributed by atoms with van der Waals surface area (Å²) < 4.78 is 2.09. The number of carbonyl (C=O) groups excluding carboxylic acids is 1. The summed E-state index contributed by atoms with van der Waals surface area (Å²) in [5, 5.41) is 3.02. The van der Waals surface area contributed by atoms with Crippen LogP contribution >= 0.6 is 23.1 Å². The van der Waals surface area contributed by atoms with Gasteiger partial charge in [-0.15, -0.1) is 11.3 Å². The fraction of sp³-hybridized carbons (Fsp3) is 0.176. The molecule has 0 bridgehead atoms. The molecule has 3 rings (SSSR count). The average molecular weight is 328 g/mol. The maximum absolute atomic E-state index is 12.1. The molecule has 112 valence electrons. The van der Waals surface area contributed by atoms with Gasteiger partial charge in [0.1, 0.15) is 0 Å². The Balaban J connectivity index is 1.56. The number of amides is 1. The van der Waals surface area contributed by atoms with Gasteiger partial charge in [-0.1, -0.05) is 54.2 Å². The van der Waals surface area contributed by atoms with Crippen LogP contribution in [0, 0.1) is 0 Å². The van der Waals surface area contributed by atoms with Gasteiger partial charge in [-0.05, 0) is 24.6 Å². The Bertz CT molecular complexity index is 737. The van der Waals surface area contributed by atoms with Crippen molar-refractivity contribution in [3.05, 3.63) is 60.2 Å². The number of benzene rings is 2. The topological polar surface area (TPSA) is 42.0 Å². The summed E-state index contributed by atoms with van der Waals surface area (Å²) >= 11 is 3.11. The van der Waals surface area contributed by atoms with Gasteiger partial charge in [0.15, 0.2) is 4.34 Å². The summed E-state index contributed by atoms with van der Waals surface area (Å²) in [6, 6.07) is 18.0. The van der Waals surface area contributed by atoms with Crippen LogP contribution in [0.2, 0.25) is 0 Å². The number of fused-ring (bicyclic) bond motifs is 1. The number of hydrogen-bond acceptors (Lipinski definition) is 4. The van der Waals surface area contributed by atoms with Crippen LogP contribution in [0.1, 0.15) is 18.5 Å². The first-order valence-electron chi connectivity index (χ1n) is 7.05. The molecule has 1 aromatic heterocycles. The number of hydrogen-bond donors (Lipinski definition) is 1. The number of carbonyl (C=O) groups is 1. The number of rotatable bonds is 5. The van der Waals surface area contributed by atoms with Gasteiger partial charge >= 0.3 is 0 Å². The Morgan fingerprint density at radius 1 is 1.18 bits per heavy atom. The van der Waals surface area contributed by atoms with Crippen molar-refractivity contribution in [3.8, 4) is 0 Å². The second-order valence-corrected chi connectivity index (χ2v) is 7.19. The van der Waals surface area contributed by atoms with Crippen LogP contribution in [0.5, 0.6) is 0 Å². The van der Waals surface area contributed by atoms with Gasteiger partial charge in [-0.3, -0.25) is 4.79 Å². The van der Waals surface area contributed by atoms with E-state index in [0.29, 0.717) is 5.75 Å². The molecule has 1 N–H and O–H groups in total. The van der Waals surface area contributed by atoms with Crippen molar-refractivity contribution < 1.29 is 4.79 Å². The third-order valence-electron chi connectivity index (χ3n) is 3.28. The molecule has 0 aliphatic carbocycles. The predicted octanol–water partition coefficient (Wildman–Crippen LogP) is 4.27. The standard InChI is InChI=1S/C17H16N2OS2/c1-12(13-7-3-2-4-8-13)18-16(20)11-21-17-19-14-9-5-6-10-15(14)22-17/h2-10,12H,11H2,1H3,(H,18,20). The van der Waals surface area contributed by atoms with Gasteiger partial charge in [0.05, 0.1) is 22.0 Å². The Hall–Kier alpha value is -1.85. The van der Waals surface area contributed by atoms with Gasteiger partial charge < -0.3 is 5.32 Å². The van der Waals surface area contributed by atoms with Crippen LogP contribution in [-0.4, -0.2) is 16.6 Å². The number of thioether (sulfide) groups is 1. The molecular weight excluding hydrogens is 312 g/mol. The summed E-state index contributed by atoms with van der Waals surface area (Å²) in [7, 11) is 0. The van der Waals surface area contributed by atoms with E-state index >= 15 is 0 Å². The molecule has 0 saturated carbocycles. The van der Waals surface area contributed by atoms with Crippen molar-refractivity contribution in [2.24, 2.45) is 0 Å². The van der Waals surface area contributed by atoms with Crippen molar-refractivity contribution in [1.29, 1.82) is 0 Å². The van der Waals surface area contributed by atoms with Crippen molar-refractivity contribution in [2.75, 3.05) is 5.75 Å². The molecule has 1 amide bonds. The lowest BCUT2D eigenvalue weighted by molar-refractivity contribution is -0.119. The minimum Gasteiger partial charge on any atom is -0.349 e. The second-order valence-electron chi connectivity index (χ2n) is 4.94. The quantitative estimate of drug-likeness (QED) is 0.711. The van der Waals surface area contributed by atoms with Crippen LogP contribution in [0.3, 0.4) is 0 Å². The fourth-order valence-electron chi connectivity index (χ4n) is 2.15. The van der Waals surface area contributed by atoms with E-state index in [9.17, 15) is 4.79 Å². The largest absolute Gasteiger partial charge is 0.349 e. The normalized spacial score (nSPS) is 12.2. The first-order valence-corrected chi connectivity index (χ1v) is 8.85. The van der Waals surface area contributed by atoms with Gasteiger partial charge in [-0.25, -0.2) is 4.98 Å². The van der Waals surface area contributed by atoms with Crippen molar-refractivity contribution in [2.45, 2.75) is 17.3 Å². The van der Waals surface area contributed by atoms with Crippen LogP contribution in [0.15, 0.2) is 58.9 Å². The average Bonchev–Trinajstić information content (AvgIpc) is 2.96. The molecule has 3 aromatic rings. The molecule has 3 nitrogen and oxygen atoms in total. The molecule has 0 spiro atoms. The zero-order chi connectivity index (χ0) is 15.4. The van der Waals surface area contributed by atoms with Crippen molar-refractivity contribution >= 4 is 39.2 Å². The number of para-hydroxylation sites is 1. The molecule has 0 saturated heterocycles. The van der Waals surface area contributed by atoms with E-state index in [2.05, 4.69) is 16.4 Å². The second kappa shape index (κ2) is 6.94.